The molecule has 0 N–H and O–H groups in total. The van der Waals surface area contributed by atoms with Gasteiger partial charge in [0.1, 0.15) is 18.0 Å². The number of hydrogen-bond acceptors (Lipinski definition) is 6. The third-order valence-corrected chi connectivity index (χ3v) is 6.43. The zero-order valence-electron chi connectivity index (χ0n) is 20.6. The lowest BCUT2D eigenvalue weighted by Crippen LogP contribution is -2.41. The lowest BCUT2D eigenvalue weighted by molar-refractivity contribution is 0.0400. The predicted molar refractivity (Wildman–Crippen MR) is 145 cm³/mol. The molecule has 0 aliphatic rings. The third kappa shape index (κ3) is 9.39. The highest BCUT2D eigenvalue weighted by Crippen LogP contribution is 2.38. The van der Waals surface area contributed by atoms with Gasteiger partial charge in [0, 0.05) is 5.88 Å². The van der Waals surface area contributed by atoms with Crippen LogP contribution in [0.5, 0.6) is 11.5 Å². The first-order valence-corrected chi connectivity index (χ1v) is 14.1. The number of carbonyl (C=O) groups excluding carboxylic acids is 1. The highest BCUT2D eigenvalue weighted by atomic mass is 35.5. The molecule has 0 radical (unpaired) electrons. The van der Waals surface area contributed by atoms with Crippen molar-refractivity contribution in [2.24, 2.45) is 0 Å². The van der Waals surface area contributed by atoms with Gasteiger partial charge in [0.2, 0.25) is 10.0 Å². The van der Waals surface area contributed by atoms with Gasteiger partial charge in [-0.15, -0.1) is 11.6 Å². The number of benzene rings is 2. The van der Waals surface area contributed by atoms with Gasteiger partial charge in [-0.25, -0.2) is 17.5 Å². The molecule has 2 rings (SSSR count). The first kappa shape index (κ1) is 30.1. The van der Waals surface area contributed by atoms with Crippen molar-refractivity contribution in [2.45, 2.75) is 32.8 Å². The van der Waals surface area contributed by atoms with E-state index in [1.165, 1.54) is 0 Å². The van der Waals surface area contributed by atoms with E-state index in [-0.39, 0.29) is 13.2 Å². The Bertz CT molecular complexity index is 1150. The first-order valence-electron chi connectivity index (χ1n) is 11.0. The molecule has 0 saturated heterocycles. The maximum atomic E-state index is 12.3. The second kappa shape index (κ2) is 12.9. The molecule has 0 fully saturated rings. The van der Waals surface area contributed by atoms with Crippen LogP contribution in [0.3, 0.4) is 0 Å². The Labute approximate surface area is 227 Å². The van der Waals surface area contributed by atoms with Crippen molar-refractivity contribution in [3.8, 4) is 22.6 Å². The SMILES string of the molecule is C=C(COc1ccc(-c2cc(Cl)c(OCCCCl)c(Cl)c2)cc1)CN(C(=O)OC(C)(C)C)S(C)(=O)=O. The molecule has 198 valence electrons. The fraction of sp³-hybridized carbons (Fsp3) is 0.400. The molecule has 2 aromatic rings. The van der Waals surface area contributed by atoms with Crippen LogP contribution in [-0.2, 0) is 14.8 Å². The number of carbonyl (C=O) groups is 1. The smallest absolute Gasteiger partial charge is 0.424 e. The predicted octanol–water partition coefficient (Wildman–Crippen LogP) is 6.80. The molecular formula is C25H30Cl3NO6S. The Balaban J connectivity index is 2.03. The highest BCUT2D eigenvalue weighted by molar-refractivity contribution is 7.88. The molecule has 0 atom stereocenters. The minimum Gasteiger partial charge on any atom is -0.490 e. The van der Waals surface area contributed by atoms with E-state index in [4.69, 9.17) is 49.0 Å². The normalized spacial score (nSPS) is 11.6. The highest BCUT2D eigenvalue weighted by Gasteiger charge is 2.29. The molecule has 7 nitrogen and oxygen atoms in total. The molecule has 0 spiro atoms. The molecule has 0 saturated carbocycles. The van der Waals surface area contributed by atoms with Crippen molar-refractivity contribution in [2.75, 3.05) is 31.9 Å². The Morgan fingerprint density at radius 1 is 1.03 bits per heavy atom. The van der Waals surface area contributed by atoms with Crippen molar-refractivity contribution in [3.05, 3.63) is 58.6 Å². The molecule has 0 unspecified atom stereocenters. The Morgan fingerprint density at radius 2 is 1.61 bits per heavy atom. The molecule has 0 aliphatic heterocycles. The van der Waals surface area contributed by atoms with Gasteiger partial charge in [-0.3, -0.25) is 0 Å². The van der Waals surface area contributed by atoms with Crippen molar-refractivity contribution in [3.63, 3.8) is 0 Å². The fourth-order valence-electron chi connectivity index (χ4n) is 2.90. The van der Waals surface area contributed by atoms with Crippen LogP contribution in [-0.4, -0.2) is 56.3 Å². The maximum absolute atomic E-state index is 12.3. The summed E-state index contributed by atoms with van der Waals surface area (Å²) in [5, 5.41) is 0.785. The molecule has 1 amide bonds. The van der Waals surface area contributed by atoms with Crippen LogP contribution in [0.2, 0.25) is 10.0 Å². The van der Waals surface area contributed by atoms with Crippen LogP contribution in [0.4, 0.5) is 4.79 Å². The molecule has 0 bridgehead atoms. The zero-order valence-corrected chi connectivity index (χ0v) is 23.7. The minimum absolute atomic E-state index is 0.000158. The summed E-state index contributed by atoms with van der Waals surface area (Å²) in [7, 11) is -3.86. The van der Waals surface area contributed by atoms with Gasteiger partial charge in [-0.1, -0.05) is 41.9 Å². The number of nitrogens with zero attached hydrogens (tertiary/aromatic N) is 1. The Kier molecular flexibility index (Phi) is 10.8. The van der Waals surface area contributed by atoms with Crippen LogP contribution in [0.25, 0.3) is 11.1 Å². The number of alkyl halides is 1. The standard InChI is InChI=1S/C25H30Cl3NO6S/c1-17(15-29(36(5,31)32)24(30)35-25(2,3)4)16-34-20-9-7-18(8-10-20)19-13-21(27)23(22(28)14-19)33-12-6-11-26/h7-10,13-14H,1,6,11-12,15-16H2,2-5H3. The van der Waals surface area contributed by atoms with Crippen molar-refractivity contribution in [1.29, 1.82) is 0 Å². The topological polar surface area (TPSA) is 82.1 Å². The molecule has 0 aromatic heterocycles. The van der Waals surface area contributed by atoms with E-state index in [9.17, 15) is 13.2 Å². The Hall–Kier alpha value is -2.13. The number of halogens is 3. The largest absolute Gasteiger partial charge is 0.490 e. The summed E-state index contributed by atoms with van der Waals surface area (Å²) in [6.45, 7) is 8.95. The van der Waals surface area contributed by atoms with E-state index < -0.39 is 21.7 Å². The van der Waals surface area contributed by atoms with Gasteiger partial charge in [0.15, 0.2) is 5.75 Å². The van der Waals surface area contributed by atoms with E-state index in [0.717, 1.165) is 17.4 Å². The van der Waals surface area contributed by atoms with Crippen LogP contribution in [0.1, 0.15) is 27.2 Å². The summed E-state index contributed by atoms with van der Waals surface area (Å²) < 4.78 is 41.3. The average molecular weight is 579 g/mol. The van der Waals surface area contributed by atoms with E-state index >= 15 is 0 Å². The lowest BCUT2D eigenvalue weighted by Gasteiger charge is -2.26. The first-order chi connectivity index (χ1) is 16.7. The second-order valence-electron chi connectivity index (χ2n) is 8.97. The Morgan fingerprint density at radius 3 is 2.11 bits per heavy atom. The summed E-state index contributed by atoms with van der Waals surface area (Å²) in [5.74, 6) is 1.43. The van der Waals surface area contributed by atoms with Crippen molar-refractivity contribution >= 4 is 50.9 Å². The van der Waals surface area contributed by atoms with Gasteiger partial charge < -0.3 is 14.2 Å². The van der Waals surface area contributed by atoms with E-state index in [1.807, 2.05) is 12.1 Å². The van der Waals surface area contributed by atoms with E-state index in [0.29, 0.717) is 50.3 Å². The summed E-state index contributed by atoms with van der Waals surface area (Å²) >= 11 is 18.4. The fourth-order valence-corrected chi connectivity index (χ4v) is 4.33. The number of sulfonamides is 1. The number of amides is 1. The van der Waals surface area contributed by atoms with Crippen molar-refractivity contribution in [1.82, 2.24) is 4.31 Å². The van der Waals surface area contributed by atoms with Crippen molar-refractivity contribution < 1.29 is 27.4 Å². The summed E-state index contributed by atoms with van der Waals surface area (Å²) in [6, 6.07) is 10.7. The van der Waals surface area contributed by atoms with Crippen LogP contribution >= 0.6 is 34.8 Å². The summed E-state index contributed by atoms with van der Waals surface area (Å²) in [4.78, 5) is 12.3. The molecular weight excluding hydrogens is 549 g/mol. The average Bonchev–Trinajstić information content (AvgIpc) is 2.76. The zero-order chi connectivity index (χ0) is 27.1. The molecule has 11 heteroatoms. The number of ether oxygens (including phenoxy) is 3. The molecule has 2 aromatic carbocycles. The van der Waals surface area contributed by atoms with E-state index in [2.05, 4.69) is 6.58 Å². The quantitative estimate of drug-likeness (QED) is 0.166. The number of rotatable bonds is 11. The van der Waals surface area contributed by atoms with Gasteiger partial charge in [-0.05, 0) is 68.2 Å². The lowest BCUT2D eigenvalue weighted by atomic mass is 10.1. The third-order valence-electron chi connectivity index (χ3n) is 4.52. The number of hydrogen-bond donors (Lipinski definition) is 0. The summed E-state index contributed by atoms with van der Waals surface area (Å²) in [5.41, 5.74) is 1.18. The van der Waals surface area contributed by atoms with Crippen LogP contribution in [0, 0.1) is 0 Å². The van der Waals surface area contributed by atoms with E-state index in [1.54, 1.807) is 45.0 Å². The molecule has 0 aliphatic carbocycles. The van der Waals surface area contributed by atoms with Gasteiger partial charge in [0.25, 0.3) is 0 Å². The van der Waals surface area contributed by atoms with Crippen LogP contribution < -0.4 is 9.47 Å². The molecule has 36 heavy (non-hydrogen) atoms. The second-order valence-corrected chi connectivity index (χ2v) is 12.1. The van der Waals surface area contributed by atoms with Gasteiger partial charge >= 0.3 is 6.09 Å². The minimum atomic E-state index is -3.86. The summed E-state index contributed by atoms with van der Waals surface area (Å²) in [6.07, 6.45) is 0.640. The van der Waals surface area contributed by atoms with Gasteiger partial charge in [-0.2, -0.15) is 0 Å². The maximum Gasteiger partial charge on any atom is 0.424 e. The monoisotopic (exact) mass is 577 g/mol. The van der Waals surface area contributed by atoms with Gasteiger partial charge in [0.05, 0.1) is 29.5 Å². The van der Waals surface area contributed by atoms with Crippen LogP contribution in [0.15, 0.2) is 48.6 Å². The molecule has 0 heterocycles.